The van der Waals surface area contributed by atoms with Gasteiger partial charge in [-0.3, -0.25) is 9.59 Å². The Morgan fingerprint density at radius 2 is 2.04 bits per heavy atom. The highest BCUT2D eigenvalue weighted by atomic mass is 16.2. The first-order valence-corrected chi connectivity index (χ1v) is 8.64. The van der Waals surface area contributed by atoms with Gasteiger partial charge in [0.15, 0.2) is 0 Å². The summed E-state index contributed by atoms with van der Waals surface area (Å²) in [7, 11) is 0. The van der Waals surface area contributed by atoms with Gasteiger partial charge >= 0.3 is 0 Å². The number of nitrogens with one attached hydrogen (secondary N) is 1. The van der Waals surface area contributed by atoms with Crippen molar-refractivity contribution in [3.63, 3.8) is 0 Å². The van der Waals surface area contributed by atoms with E-state index in [1.54, 1.807) is 4.90 Å². The van der Waals surface area contributed by atoms with Crippen molar-refractivity contribution in [3.8, 4) is 11.4 Å². The van der Waals surface area contributed by atoms with Gasteiger partial charge in [0.2, 0.25) is 5.91 Å². The predicted molar refractivity (Wildman–Crippen MR) is 93.6 cm³/mol. The average Bonchev–Trinajstić information content (AvgIpc) is 2.62. The quantitative estimate of drug-likeness (QED) is 0.860. The summed E-state index contributed by atoms with van der Waals surface area (Å²) in [5.74, 6) is 0.739. The Labute approximate surface area is 141 Å². The van der Waals surface area contributed by atoms with Gasteiger partial charge in [0, 0.05) is 24.9 Å². The number of carbonyl (C=O) groups is 1. The molecule has 1 aromatic carbocycles. The Kier molecular flexibility index (Phi) is 5.08. The standard InChI is InChI=1S/C19H23N3O2/c1-2-3-5-10-17(23)22-12-11-16-15(13-22)19(24)21-18(20-16)14-8-6-4-7-9-14/h4,6-9H,2-3,5,10-13H2,1H3,(H,20,21,24). The molecule has 0 bridgehead atoms. The minimum Gasteiger partial charge on any atom is -0.338 e. The normalized spacial score (nSPS) is 13.6. The molecule has 0 saturated carbocycles. The lowest BCUT2D eigenvalue weighted by atomic mass is 10.1. The van der Waals surface area contributed by atoms with Gasteiger partial charge < -0.3 is 9.88 Å². The molecule has 0 radical (unpaired) electrons. The Bertz CT molecular complexity index is 768. The van der Waals surface area contributed by atoms with Crippen LogP contribution >= 0.6 is 0 Å². The molecule has 0 fully saturated rings. The summed E-state index contributed by atoms with van der Waals surface area (Å²) in [6, 6.07) is 9.63. The minimum absolute atomic E-state index is 0.134. The Hall–Kier alpha value is -2.43. The van der Waals surface area contributed by atoms with Gasteiger partial charge in [-0.2, -0.15) is 0 Å². The van der Waals surface area contributed by atoms with E-state index in [-0.39, 0.29) is 11.5 Å². The van der Waals surface area contributed by atoms with Crippen LogP contribution in [0.3, 0.4) is 0 Å². The third-order valence-corrected chi connectivity index (χ3v) is 4.46. The first-order chi connectivity index (χ1) is 11.7. The number of hydrogen-bond acceptors (Lipinski definition) is 3. The van der Waals surface area contributed by atoms with Gasteiger partial charge in [-0.15, -0.1) is 0 Å². The second kappa shape index (κ2) is 7.43. The van der Waals surface area contributed by atoms with E-state index in [1.807, 2.05) is 30.3 Å². The fourth-order valence-electron chi connectivity index (χ4n) is 3.06. The number of nitrogens with zero attached hydrogens (tertiary/aromatic N) is 2. The van der Waals surface area contributed by atoms with Gasteiger partial charge in [-0.05, 0) is 6.42 Å². The van der Waals surface area contributed by atoms with E-state index >= 15 is 0 Å². The Balaban J connectivity index is 1.78. The highest BCUT2D eigenvalue weighted by Gasteiger charge is 2.24. The zero-order chi connectivity index (χ0) is 16.9. The third kappa shape index (κ3) is 3.55. The summed E-state index contributed by atoms with van der Waals surface area (Å²) in [4.78, 5) is 34.0. The largest absolute Gasteiger partial charge is 0.338 e. The molecule has 0 saturated heterocycles. The molecule has 2 heterocycles. The maximum Gasteiger partial charge on any atom is 0.256 e. The monoisotopic (exact) mass is 325 g/mol. The molecule has 1 amide bonds. The van der Waals surface area contributed by atoms with Crippen molar-refractivity contribution < 1.29 is 4.79 Å². The predicted octanol–water partition coefficient (Wildman–Crippen LogP) is 2.90. The van der Waals surface area contributed by atoms with Crippen LogP contribution in [0.5, 0.6) is 0 Å². The van der Waals surface area contributed by atoms with E-state index in [1.165, 1.54) is 0 Å². The summed E-state index contributed by atoms with van der Waals surface area (Å²) in [6.07, 6.45) is 4.29. The number of carbonyl (C=O) groups excluding carboxylic acids is 1. The molecule has 2 aromatic rings. The molecule has 1 aliphatic heterocycles. The first kappa shape index (κ1) is 16.4. The van der Waals surface area contributed by atoms with Gasteiger partial charge in [-0.1, -0.05) is 50.1 Å². The highest BCUT2D eigenvalue weighted by molar-refractivity contribution is 5.76. The van der Waals surface area contributed by atoms with Crippen LogP contribution in [-0.2, 0) is 17.8 Å². The van der Waals surface area contributed by atoms with Gasteiger partial charge in [0.25, 0.3) is 5.56 Å². The second-order valence-corrected chi connectivity index (χ2v) is 6.23. The molecule has 126 valence electrons. The summed E-state index contributed by atoms with van der Waals surface area (Å²) < 4.78 is 0. The molecule has 5 nitrogen and oxygen atoms in total. The maximum atomic E-state index is 12.5. The van der Waals surface area contributed by atoms with Gasteiger partial charge in [0.1, 0.15) is 5.82 Å². The summed E-state index contributed by atoms with van der Waals surface area (Å²) >= 11 is 0. The summed E-state index contributed by atoms with van der Waals surface area (Å²) in [6.45, 7) is 3.14. The molecular formula is C19H23N3O2. The number of benzene rings is 1. The molecule has 0 aliphatic carbocycles. The number of amides is 1. The van der Waals surface area contributed by atoms with Crippen LogP contribution in [-0.4, -0.2) is 27.3 Å². The fourth-order valence-corrected chi connectivity index (χ4v) is 3.06. The lowest BCUT2D eigenvalue weighted by Gasteiger charge is -2.28. The van der Waals surface area contributed by atoms with Crippen LogP contribution in [0.4, 0.5) is 0 Å². The lowest BCUT2D eigenvalue weighted by molar-refractivity contribution is -0.132. The average molecular weight is 325 g/mol. The van der Waals surface area contributed by atoms with Crippen LogP contribution < -0.4 is 5.56 Å². The number of hydrogen-bond donors (Lipinski definition) is 1. The number of fused-ring (bicyclic) bond motifs is 1. The number of H-pyrrole nitrogens is 1. The molecule has 24 heavy (non-hydrogen) atoms. The third-order valence-electron chi connectivity index (χ3n) is 4.46. The van der Waals surface area contributed by atoms with Crippen molar-refractivity contribution in [1.29, 1.82) is 0 Å². The van der Waals surface area contributed by atoms with Crippen molar-refractivity contribution in [2.75, 3.05) is 6.54 Å². The lowest BCUT2D eigenvalue weighted by Crippen LogP contribution is -2.39. The molecule has 1 N–H and O–H groups in total. The van der Waals surface area contributed by atoms with Crippen LogP contribution in [0, 0.1) is 0 Å². The molecule has 0 unspecified atom stereocenters. The van der Waals surface area contributed by atoms with E-state index in [0.717, 1.165) is 30.5 Å². The SMILES string of the molecule is CCCCCC(=O)N1CCc2nc(-c3ccccc3)[nH]c(=O)c2C1. The fraction of sp³-hybridized carbons (Fsp3) is 0.421. The zero-order valence-electron chi connectivity index (χ0n) is 14.0. The second-order valence-electron chi connectivity index (χ2n) is 6.23. The molecule has 1 aliphatic rings. The zero-order valence-corrected chi connectivity index (χ0v) is 14.0. The van der Waals surface area contributed by atoms with Crippen LogP contribution in [0.25, 0.3) is 11.4 Å². The van der Waals surface area contributed by atoms with E-state index in [9.17, 15) is 9.59 Å². The highest BCUT2D eigenvalue weighted by Crippen LogP contribution is 2.19. The van der Waals surface area contributed by atoms with E-state index in [0.29, 0.717) is 37.3 Å². The van der Waals surface area contributed by atoms with Crippen molar-refractivity contribution in [2.24, 2.45) is 0 Å². The van der Waals surface area contributed by atoms with E-state index in [2.05, 4.69) is 16.9 Å². The Morgan fingerprint density at radius 3 is 2.79 bits per heavy atom. The van der Waals surface area contributed by atoms with Crippen molar-refractivity contribution in [1.82, 2.24) is 14.9 Å². The van der Waals surface area contributed by atoms with Gasteiger partial charge in [0.05, 0.1) is 17.8 Å². The number of aromatic nitrogens is 2. The van der Waals surface area contributed by atoms with E-state index in [4.69, 9.17) is 0 Å². The van der Waals surface area contributed by atoms with Crippen LogP contribution in [0.2, 0.25) is 0 Å². The number of unbranched alkanes of at least 4 members (excludes halogenated alkanes) is 2. The number of rotatable bonds is 5. The first-order valence-electron chi connectivity index (χ1n) is 8.64. The summed E-state index contributed by atoms with van der Waals surface area (Å²) in [5, 5.41) is 0. The molecular weight excluding hydrogens is 302 g/mol. The van der Waals surface area contributed by atoms with Crippen molar-refractivity contribution in [3.05, 3.63) is 51.9 Å². The number of aromatic amines is 1. The maximum absolute atomic E-state index is 12.5. The smallest absolute Gasteiger partial charge is 0.256 e. The molecule has 0 spiro atoms. The van der Waals surface area contributed by atoms with Crippen molar-refractivity contribution >= 4 is 5.91 Å². The topological polar surface area (TPSA) is 66.1 Å². The van der Waals surface area contributed by atoms with E-state index < -0.39 is 0 Å². The van der Waals surface area contributed by atoms with Crippen LogP contribution in [0.15, 0.2) is 35.1 Å². The minimum atomic E-state index is -0.134. The molecule has 0 atom stereocenters. The molecule has 3 rings (SSSR count). The summed E-state index contributed by atoms with van der Waals surface area (Å²) in [5.41, 5.74) is 2.21. The van der Waals surface area contributed by atoms with Crippen molar-refractivity contribution in [2.45, 2.75) is 45.6 Å². The molecule has 5 heteroatoms. The Morgan fingerprint density at radius 1 is 1.25 bits per heavy atom. The molecule has 1 aromatic heterocycles. The van der Waals surface area contributed by atoms with Crippen LogP contribution in [0.1, 0.15) is 43.9 Å². The van der Waals surface area contributed by atoms with Gasteiger partial charge in [-0.25, -0.2) is 4.98 Å².